The van der Waals surface area contributed by atoms with Gasteiger partial charge in [-0.2, -0.15) is 5.26 Å². The molecule has 0 saturated carbocycles. The van der Waals surface area contributed by atoms with E-state index in [1.54, 1.807) is 30.3 Å². The van der Waals surface area contributed by atoms with E-state index in [1.165, 1.54) is 12.1 Å². The Morgan fingerprint density at radius 3 is 2.53 bits per heavy atom. The summed E-state index contributed by atoms with van der Waals surface area (Å²) in [6, 6.07) is 12.3. The van der Waals surface area contributed by atoms with Gasteiger partial charge in [0.25, 0.3) is 0 Å². The van der Waals surface area contributed by atoms with Gasteiger partial charge in [0, 0.05) is 15.7 Å². The van der Waals surface area contributed by atoms with Crippen LogP contribution in [0.1, 0.15) is 11.6 Å². The molecule has 5 heteroatoms. The van der Waals surface area contributed by atoms with E-state index in [0.717, 1.165) is 0 Å². The van der Waals surface area contributed by atoms with Crippen molar-refractivity contribution < 1.29 is 4.39 Å². The maximum atomic E-state index is 13.3. The van der Waals surface area contributed by atoms with Crippen molar-refractivity contribution in [3.8, 4) is 6.07 Å². The Kier molecular flexibility index (Phi) is 4.26. The number of nitrogens with zero attached hydrogens (tertiary/aromatic N) is 1. The first-order chi connectivity index (χ1) is 9.08. The van der Waals surface area contributed by atoms with E-state index >= 15 is 0 Å². The average molecular weight is 295 g/mol. The van der Waals surface area contributed by atoms with Crippen molar-refractivity contribution in [1.29, 1.82) is 5.26 Å². The summed E-state index contributed by atoms with van der Waals surface area (Å²) in [6.45, 7) is 0. The molecule has 19 heavy (non-hydrogen) atoms. The minimum atomic E-state index is -0.702. The zero-order chi connectivity index (χ0) is 13.8. The monoisotopic (exact) mass is 294 g/mol. The maximum absolute atomic E-state index is 13.3. The summed E-state index contributed by atoms with van der Waals surface area (Å²) in [4.78, 5) is 0. The Morgan fingerprint density at radius 1 is 1.11 bits per heavy atom. The Balaban J connectivity index is 2.28. The van der Waals surface area contributed by atoms with Crippen LogP contribution in [-0.2, 0) is 0 Å². The molecule has 0 aromatic heterocycles. The fraction of sp³-hybridized carbons (Fsp3) is 0.0714. The van der Waals surface area contributed by atoms with Gasteiger partial charge < -0.3 is 5.32 Å². The van der Waals surface area contributed by atoms with Crippen LogP contribution >= 0.6 is 23.2 Å². The maximum Gasteiger partial charge on any atom is 0.140 e. The van der Waals surface area contributed by atoms with Crippen LogP contribution in [0.25, 0.3) is 0 Å². The lowest BCUT2D eigenvalue weighted by molar-refractivity contribution is 0.625. The van der Waals surface area contributed by atoms with Crippen molar-refractivity contribution in [3.05, 3.63) is 63.9 Å². The molecule has 2 nitrogen and oxygen atoms in total. The molecule has 0 aliphatic heterocycles. The summed E-state index contributed by atoms with van der Waals surface area (Å²) in [6.07, 6.45) is 0. The van der Waals surface area contributed by atoms with Crippen LogP contribution in [0.5, 0.6) is 0 Å². The first-order valence-electron chi connectivity index (χ1n) is 5.46. The lowest BCUT2D eigenvalue weighted by Crippen LogP contribution is -2.08. The average Bonchev–Trinajstić information content (AvgIpc) is 2.34. The summed E-state index contributed by atoms with van der Waals surface area (Å²) in [5.41, 5.74) is 1.15. The van der Waals surface area contributed by atoms with E-state index in [-0.39, 0.29) is 5.02 Å². The summed E-state index contributed by atoms with van der Waals surface area (Å²) in [5.74, 6) is -0.476. The number of nitriles is 1. The quantitative estimate of drug-likeness (QED) is 0.882. The molecule has 0 radical (unpaired) electrons. The molecule has 0 aliphatic rings. The molecule has 0 spiro atoms. The molecule has 2 aromatic rings. The molecule has 1 unspecified atom stereocenters. The number of hydrogen-bond donors (Lipinski definition) is 1. The van der Waals surface area contributed by atoms with E-state index in [0.29, 0.717) is 16.3 Å². The number of hydrogen-bond acceptors (Lipinski definition) is 2. The highest BCUT2D eigenvalue weighted by Crippen LogP contribution is 2.24. The standard InChI is InChI=1S/C14H9Cl2FN2/c15-10-2-1-3-13(7-10)19-14(8-18)9-4-11(16)6-12(17)5-9/h1-7,14,19H. The molecule has 1 N–H and O–H groups in total. The normalized spacial score (nSPS) is 11.7. The summed E-state index contributed by atoms with van der Waals surface area (Å²) < 4.78 is 13.3. The van der Waals surface area contributed by atoms with Gasteiger partial charge in [0.15, 0.2) is 0 Å². The van der Waals surface area contributed by atoms with Crippen molar-refractivity contribution in [3.63, 3.8) is 0 Å². The first kappa shape index (κ1) is 13.7. The van der Waals surface area contributed by atoms with Crippen molar-refractivity contribution in [1.82, 2.24) is 0 Å². The second kappa shape index (κ2) is 5.92. The molecule has 0 fully saturated rings. The van der Waals surface area contributed by atoms with Crippen LogP contribution in [0.15, 0.2) is 42.5 Å². The van der Waals surface area contributed by atoms with Gasteiger partial charge in [0.2, 0.25) is 0 Å². The molecular weight excluding hydrogens is 286 g/mol. The minimum absolute atomic E-state index is 0.253. The van der Waals surface area contributed by atoms with Crippen molar-refractivity contribution >= 4 is 28.9 Å². The minimum Gasteiger partial charge on any atom is -0.366 e. The highest BCUT2D eigenvalue weighted by atomic mass is 35.5. The Bertz CT molecular complexity index is 617. The van der Waals surface area contributed by atoms with Gasteiger partial charge in [0.05, 0.1) is 6.07 Å². The number of nitrogens with one attached hydrogen (secondary N) is 1. The summed E-state index contributed by atoms with van der Waals surface area (Å²) in [7, 11) is 0. The molecule has 96 valence electrons. The van der Waals surface area contributed by atoms with Crippen molar-refractivity contribution in [2.45, 2.75) is 6.04 Å². The fourth-order valence-electron chi connectivity index (χ4n) is 1.68. The van der Waals surface area contributed by atoms with Crippen LogP contribution in [0, 0.1) is 17.1 Å². The number of anilines is 1. The van der Waals surface area contributed by atoms with Crippen LogP contribution < -0.4 is 5.32 Å². The van der Waals surface area contributed by atoms with E-state index in [9.17, 15) is 9.65 Å². The topological polar surface area (TPSA) is 35.8 Å². The summed E-state index contributed by atoms with van der Waals surface area (Å²) >= 11 is 11.6. The molecule has 0 saturated heterocycles. The Labute approximate surface area is 120 Å². The molecule has 2 aromatic carbocycles. The molecule has 0 bridgehead atoms. The second-order valence-electron chi connectivity index (χ2n) is 3.92. The molecule has 2 rings (SSSR count). The van der Waals surface area contributed by atoms with Gasteiger partial charge in [-0.1, -0.05) is 29.3 Å². The molecule has 1 atom stereocenters. The van der Waals surface area contributed by atoms with E-state index in [1.807, 2.05) is 0 Å². The second-order valence-corrected chi connectivity index (χ2v) is 4.79. The van der Waals surface area contributed by atoms with Gasteiger partial charge >= 0.3 is 0 Å². The predicted octanol–water partition coefficient (Wildman–Crippen LogP) is 4.81. The lowest BCUT2D eigenvalue weighted by atomic mass is 10.1. The molecular formula is C14H9Cl2FN2. The molecule has 0 amide bonds. The summed E-state index contributed by atoms with van der Waals surface area (Å²) in [5, 5.41) is 13.0. The van der Waals surface area contributed by atoms with E-state index in [4.69, 9.17) is 23.2 Å². The van der Waals surface area contributed by atoms with Crippen molar-refractivity contribution in [2.24, 2.45) is 0 Å². The fourth-order valence-corrected chi connectivity index (χ4v) is 2.10. The van der Waals surface area contributed by atoms with Crippen LogP contribution in [0.2, 0.25) is 10.0 Å². The third-order valence-corrected chi connectivity index (χ3v) is 2.94. The predicted molar refractivity (Wildman–Crippen MR) is 74.8 cm³/mol. The van der Waals surface area contributed by atoms with E-state index < -0.39 is 11.9 Å². The Hall–Kier alpha value is -1.76. The van der Waals surface area contributed by atoms with Gasteiger partial charge in [-0.15, -0.1) is 0 Å². The van der Waals surface area contributed by atoms with Gasteiger partial charge in [-0.05, 0) is 42.0 Å². The Morgan fingerprint density at radius 2 is 1.89 bits per heavy atom. The van der Waals surface area contributed by atoms with Gasteiger partial charge in [-0.3, -0.25) is 0 Å². The van der Waals surface area contributed by atoms with Crippen LogP contribution in [0.3, 0.4) is 0 Å². The van der Waals surface area contributed by atoms with Crippen LogP contribution in [-0.4, -0.2) is 0 Å². The third-order valence-electron chi connectivity index (χ3n) is 2.48. The van der Waals surface area contributed by atoms with Crippen LogP contribution in [0.4, 0.5) is 10.1 Å². The number of rotatable bonds is 3. The third kappa shape index (κ3) is 3.60. The smallest absolute Gasteiger partial charge is 0.140 e. The number of benzene rings is 2. The van der Waals surface area contributed by atoms with Crippen molar-refractivity contribution in [2.75, 3.05) is 5.32 Å². The van der Waals surface area contributed by atoms with Gasteiger partial charge in [-0.25, -0.2) is 4.39 Å². The number of halogens is 3. The lowest BCUT2D eigenvalue weighted by Gasteiger charge is -2.14. The zero-order valence-electron chi connectivity index (χ0n) is 9.70. The zero-order valence-corrected chi connectivity index (χ0v) is 11.2. The van der Waals surface area contributed by atoms with E-state index in [2.05, 4.69) is 11.4 Å². The largest absolute Gasteiger partial charge is 0.366 e. The SMILES string of the molecule is N#CC(Nc1cccc(Cl)c1)c1cc(F)cc(Cl)c1. The molecule has 0 heterocycles. The first-order valence-corrected chi connectivity index (χ1v) is 6.22. The van der Waals surface area contributed by atoms with Gasteiger partial charge in [0.1, 0.15) is 11.9 Å². The highest BCUT2D eigenvalue weighted by Gasteiger charge is 2.12. The highest BCUT2D eigenvalue weighted by molar-refractivity contribution is 6.31. The molecule has 0 aliphatic carbocycles.